The van der Waals surface area contributed by atoms with E-state index in [9.17, 15) is 22.7 Å². The van der Waals surface area contributed by atoms with Crippen LogP contribution in [0.5, 0.6) is 0 Å². The van der Waals surface area contributed by atoms with E-state index in [1.165, 1.54) is 44.3 Å². The van der Waals surface area contributed by atoms with E-state index in [0.29, 0.717) is 44.8 Å². The molecular formula is C32H27FN4O6S. The molecule has 6 rings (SSSR count). The molecule has 0 aliphatic rings. The normalized spacial score (nSPS) is 12.5. The smallest absolute Gasteiger partial charge is 0.255 e. The van der Waals surface area contributed by atoms with E-state index in [1.54, 1.807) is 48.7 Å². The molecule has 0 aliphatic heterocycles. The Morgan fingerprint density at radius 3 is 2.43 bits per heavy atom. The first-order valence-electron chi connectivity index (χ1n) is 13.6. The largest absolute Gasteiger partial charge is 0.455 e. The third-order valence-corrected chi connectivity index (χ3v) is 8.20. The number of aliphatic hydroxyl groups excluding tert-OH is 1. The fourth-order valence-corrected chi connectivity index (χ4v) is 6.08. The molecule has 0 radical (unpaired) electrons. The van der Waals surface area contributed by atoms with E-state index in [2.05, 4.69) is 15.3 Å². The second-order valence-corrected chi connectivity index (χ2v) is 12.2. The molecule has 0 aliphatic carbocycles. The molecule has 10 nitrogen and oxygen atoms in total. The van der Waals surface area contributed by atoms with Gasteiger partial charge in [-0.25, -0.2) is 17.8 Å². The maximum absolute atomic E-state index is 13.7. The zero-order valence-corrected chi connectivity index (χ0v) is 24.7. The Morgan fingerprint density at radius 2 is 1.75 bits per heavy atom. The summed E-state index contributed by atoms with van der Waals surface area (Å²) < 4.78 is 53.1. The lowest BCUT2D eigenvalue weighted by atomic mass is 9.97. The Morgan fingerprint density at radius 1 is 1.00 bits per heavy atom. The van der Waals surface area contributed by atoms with Crippen LogP contribution in [0.25, 0.3) is 56.1 Å². The van der Waals surface area contributed by atoms with Crippen molar-refractivity contribution in [2.45, 2.75) is 13.0 Å². The molecule has 3 aromatic heterocycles. The second-order valence-electron chi connectivity index (χ2n) is 10.3. The molecular weight excluding hydrogens is 587 g/mol. The molecule has 0 fully saturated rings. The highest BCUT2D eigenvalue weighted by Crippen LogP contribution is 2.42. The van der Waals surface area contributed by atoms with Crippen molar-refractivity contribution in [3.63, 3.8) is 0 Å². The average Bonchev–Trinajstić information content (AvgIpc) is 3.60. The van der Waals surface area contributed by atoms with Crippen LogP contribution in [-0.4, -0.2) is 55.4 Å². The molecule has 44 heavy (non-hydrogen) atoms. The van der Waals surface area contributed by atoms with E-state index in [4.69, 9.17) is 8.83 Å². The van der Waals surface area contributed by atoms with Gasteiger partial charge < -0.3 is 19.3 Å². The van der Waals surface area contributed by atoms with Crippen molar-refractivity contribution in [2.24, 2.45) is 0 Å². The second kappa shape index (κ2) is 11.2. The van der Waals surface area contributed by atoms with Crippen molar-refractivity contribution in [2.75, 3.05) is 24.2 Å². The predicted octanol–water partition coefficient (Wildman–Crippen LogP) is 5.62. The van der Waals surface area contributed by atoms with Crippen LogP contribution < -0.4 is 9.62 Å². The summed E-state index contributed by atoms with van der Waals surface area (Å²) in [5, 5.41) is 13.3. The van der Waals surface area contributed by atoms with Crippen LogP contribution >= 0.6 is 0 Å². The van der Waals surface area contributed by atoms with Crippen molar-refractivity contribution in [3.05, 3.63) is 90.4 Å². The van der Waals surface area contributed by atoms with Crippen LogP contribution in [0.1, 0.15) is 17.3 Å². The third-order valence-electron chi connectivity index (χ3n) is 7.05. The number of sulfonamides is 1. The van der Waals surface area contributed by atoms with Gasteiger partial charge in [0.05, 0.1) is 30.2 Å². The molecule has 0 saturated carbocycles. The number of nitrogens with one attached hydrogen (secondary N) is 1. The number of carbonyl (C=O) groups excluding carboxylic acids is 1. The molecule has 0 spiro atoms. The first-order valence-corrected chi connectivity index (χ1v) is 15.4. The Hall–Kier alpha value is -5.07. The zero-order valence-electron chi connectivity index (χ0n) is 23.9. The van der Waals surface area contributed by atoms with Crippen LogP contribution in [0.2, 0.25) is 0 Å². The number of furan rings is 1. The number of aliphatic hydroxyl groups is 1. The van der Waals surface area contributed by atoms with Gasteiger partial charge in [-0.15, -0.1) is 0 Å². The summed E-state index contributed by atoms with van der Waals surface area (Å²) in [5.74, 6) is -0.386. The lowest BCUT2D eigenvalue weighted by molar-refractivity contribution is 0.0964. The number of hydrogen-bond donors (Lipinski definition) is 2. The molecule has 3 heterocycles. The van der Waals surface area contributed by atoms with Crippen molar-refractivity contribution < 1.29 is 31.5 Å². The third kappa shape index (κ3) is 5.40. The fourth-order valence-electron chi connectivity index (χ4n) is 5.09. The highest BCUT2D eigenvalue weighted by atomic mass is 32.2. The number of carbonyl (C=O) groups is 1. The standard InChI is InChI=1S/C32H27FN4O6S/c1-18(38)17-37(44(3,40)41)25-16-27-24(28(31(39)34-2)29(42-27)19-9-11-22(33)12-10-19)15-23(25)20-6-4-7-21(14-20)32-36-30-26(43-32)8-5-13-35-30/h4-16,18,38H,17H2,1-3H3,(H,34,39). The lowest BCUT2D eigenvalue weighted by Crippen LogP contribution is -2.36. The number of anilines is 1. The number of halogens is 1. The molecule has 1 unspecified atom stereocenters. The minimum absolute atomic E-state index is 0.191. The highest BCUT2D eigenvalue weighted by Gasteiger charge is 2.28. The molecule has 3 aromatic carbocycles. The van der Waals surface area contributed by atoms with E-state index >= 15 is 0 Å². The molecule has 1 atom stereocenters. The number of aromatic nitrogens is 2. The van der Waals surface area contributed by atoms with Crippen LogP contribution in [0.4, 0.5) is 10.1 Å². The maximum Gasteiger partial charge on any atom is 0.255 e. The average molecular weight is 615 g/mol. The lowest BCUT2D eigenvalue weighted by Gasteiger charge is -2.26. The van der Waals surface area contributed by atoms with E-state index in [0.717, 1.165) is 10.6 Å². The summed E-state index contributed by atoms with van der Waals surface area (Å²) >= 11 is 0. The fraction of sp³-hybridized carbons (Fsp3) is 0.156. The van der Waals surface area contributed by atoms with Gasteiger partial charge in [-0.2, -0.15) is 4.98 Å². The van der Waals surface area contributed by atoms with Crippen LogP contribution in [0.15, 0.2) is 87.8 Å². The molecule has 0 saturated heterocycles. The predicted molar refractivity (Wildman–Crippen MR) is 165 cm³/mol. The first-order chi connectivity index (χ1) is 21.0. The minimum atomic E-state index is -3.90. The number of fused-ring (bicyclic) bond motifs is 2. The monoisotopic (exact) mass is 614 g/mol. The first kappa shape index (κ1) is 29.0. The topological polar surface area (TPSA) is 139 Å². The molecule has 6 aromatic rings. The van der Waals surface area contributed by atoms with Gasteiger partial charge in [0, 0.05) is 41.4 Å². The van der Waals surface area contributed by atoms with Crippen LogP contribution in [0.3, 0.4) is 0 Å². The Labute approximate surface area is 251 Å². The number of pyridine rings is 1. The summed E-state index contributed by atoms with van der Waals surface area (Å²) in [6, 6.07) is 19.4. The van der Waals surface area contributed by atoms with Gasteiger partial charge in [0.2, 0.25) is 15.9 Å². The summed E-state index contributed by atoms with van der Waals surface area (Å²) in [5.41, 5.74) is 3.69. The van der Waals surface area contributed by atoms with Crippen LogP contribution in [-0.2, 0) is 10.0 Å². The number of oxazole rings is 1. The Balaban J connectivity index is 1.63. The number of benzene rings is 3. The molecule has 12 heteroatoms. The van der Waals surface area contributed by atoms with Crippen molar-refractivity contribution in [3.8, 4) is 33.9 Å². The number of hydrogen-bond acceptors (Lipinski definition) is 8. The molecule has 224 valence electrons. The van der Waals surface area contributed by atoms with Gasteiger partial charge in [-0.3, -0.25) is 9.10 Å². The minimum Gasteiger partial charge on any atom is -0.455 e. The molecule has 2 N–H and O–H groups in total. The SMILES string of the molecule is CNC(=O)c1c(-c2ccc(F)cc2)oc2cc(N(CC(C)O)S(C)(=O)=O)c(-c3cccc(-c4nc5ncccc5o4)c3)cc12. The maximum atomic E-state index is 13.7. The van der Waals surface area contributed by atoms with E-state index in [-0.39, 0.29) is 29.1 Å². The van der Waals surface area contributed by atoms with Crippen molar-refractivity contribution in [1.82, 2.24) is 15.3 Å². The summed E-state index contributed by atoms with van der Waals surface area (Å²) in [4.78, 5) is 21.9. The van der Waals surface area contributed by atoms with Gasteiger partial charge in [0.15, 0.2) is 11.2 Å². The van der Waals surface area contributed by atoms with Crippen molar-refractivity contribution >= 4 is 43.8 Å². The molecule has 1 amide bonds. The van der Waals surface area contributed by atoms with Crippen molar-refractivity contribution in [1.29, 1.82) is 0 Å². The van der Waals surface area contributed by atoms with Gasteiger partial charge in [-0.05, 0) is 67.1 Å². The van der Waals surface area contributed by atoms with E-state index < -0.39 is 27.9 Å². The van der Waals surface area contributed by atoms with E-state index in [1.807, 2.05) is 0 Å². The van der Waals surface area contributed by atoms with Gasteiger partial charge in [0.1, 0.15) is 17.2 Å². The summed E-state index contributed by atoms with van der Waals surface area (Å²) in [6.07, 6.45) is 1.66. The Kier molecular flexibility index (Phi) is 7.39. The quantitative estimate of drug-likeness (QED) is 0.225. The number of rotatable bonds is 8. The van der Waals surface area contributed by atoms with Crippen LogP contribution in [0, 0.1) is 5.82 Å². The highest BCUT2D eigenvalue weighted by molar-refractivity contribution is 7.92. The summed E-state index contributed by atoms with van der Waals surface area (Å²) in [7, 11) is -2.42. The van der Waals surface area contributed by atoms with Gasteiger partial charge in [0.25, 0.3) is 5.91 Å². The number of nitrogens with zero attached hydrogens (tertiary/aromatic N) is 3. The Bertz CT molecular complexity index is 2110. The van der Waals surface area contributed by atoms with Gasteiger partial charge in [-0.1, -0.05) is 12.1 Å². The van der Waals surface area contributed by atoms with Gasteiger partial charge >= 0.3 is 0 Å². The summed E-state index contributed by atoms with van der Waals surface area (Å²) in [6.45, 7) is 1.25. The zero-order chi connectivity index (χ0) is 31.2. The molecule has 0 bridgehead atoms. The number of amides is 1.